The Morgan fingerprint density at radius 1 is 0.912 bits per heavy atom. The van der Waals surface area contributed by atoms with Crippen molar-refractivity contribution in [2.75, 3.05) is 11.9 Å². The quantitative estimate of drug-likeness (QED) is 0.272. The number of hydrogen-bond acceptors (Lipinski definition) is 5. The molecule has 0 heterocycles. The highest BCUT2D eigenvalue weighted by Gasteiger charge is 2.11. The summed E-state index contributed by atoms with van der Waals surface area (Å²) in [5.74, 6) is -2.00. The molecular weight excluding hydrogens is 439 g/mol. The smallest absolute Gasteiger partial charge is 0.329 e. The summed E-state index contributed by atoms with van der Waals surface area (Å²) >= 11 is 0. The minimum atomic E-state index is -0.879. The topological polar surface area (TPSA) is 109 Å². The summed E-state index contributed by atoms with van der Waals surface area (Å²) in [6, 6.07) is 19.6. The number of hydrazone groups is 1. The fourth-order valence-electron chi connectivity index (χ4n) is 2.71. The van der Waals surface area contributed by atoms with Crippen LogP contribution in [-0.4, -0.2) is 30.5 Å². The third kappa shape index (κ3) is 7.86. The Hall–Kier alpha value is -4.53. The van der Waals surface area contributed by atoms with Gasteiger partial charge in [-0.25, -0.2) is 9.82 Å². The van der Waals surface area contributed by atoms with Crippen molar-refractivity contribution in [3.05, 3.63) is 95.3 Å². The van der Waals surface area contributed by atoms with Crippen LogP contribution in [0.2, 0.25) is 0 Å². The second kappa shape index (κ2) is 11.9. The molecule has 9 heteroatoms. The molecule has 0 aromatic heterocycles. The van der Waals surface area contributed by atoms with Crippen molar-refractivity contribution < 1.29 is 23.5 Å². The van der Waals surface area contributed by atoms with Gasteiger partial charge < -0.3 is 15.4 Å². The summed E-state index contributed by atoms with van der Waals surface area (Å²) in [4.78, 5) is 35.6. The van der Waals surface area contributed by atoms with Crippen molar-refractivity contribution >= 4 is 29.6 Å². The maximum atomic E-state index is 12.9. The number of benzene rings is 3. The number of nitrogens with zero attached hydrogens (tertiary/aromatic N) is 1. The molecule has 3 N–H and O–H groups in total. The number of rotatable bonds is 8. The third-order valence-corrected chi connectivity index (χ3v) is 4.54. The molecule has 3 aromatic carbocycles. The van der Waals surface area contributed by atoms with Gasteiger partial charge in [0.05, 0.1) is 6.21 Å². The van der Waals surface area contributed by atoms with E-state index in [1.54, 1.807) is 24.3 Å². The van der Waals surface area contributed by atoms with Gasteiger partial charge in [-0.3, -0.25) is 14.4 Å². The minimum absolute atomic E-state index is 0.224. The second-order valence-corrected chi connectivity index (χ2v) is 7.28. The highest BCUT2D eigenvalue weighted by molar-refractivity contribution is 6.35. The minimum Gasteiger partial charge on any atom is -0.484 e. The first-order valence-electron chi connectivity index (χ1n) is 10.3. The molecule has 0 bridgehead atoms. The van der Waals surface area contributed by atoms with Crippen LogP contribution in [0, 0.1) is 12.7 Å². The van der Waals surface area contributed by atoms with Gasteiger partial charge in [0.2, 0.25) is 0 Å². The molecule has 3 rings (SSSR count). The number of anilines is 1. The van der Waals surface area contributed by atoms with Crippen molar-refractivity contribution in [3.63, 3.8) is 0 Å². The number of ether oxygens (including phenoxy) is 1. The van der Waals surface area contributed by atoms with E-state index in [9.17, 15) is 18.8 Å². The van der Waals surface area contributed by atoms with Crippen LogP contribution in [0.15, 0.2) is 77.9 Å². The number of aryl methyl sites for hydroxylation is 1. The zero-order chi connectivity index (χ0) is 24.3. The summed E-state index contributed by atoms with van der Waals surface area (Å²) in [7, 11) is 0. The van der Waals surface area contributed by atoms with E-state index in [1.807, 2.05) is 31.2 Å². The summed E-state index contributed by atoms with van der Waals surface area (Å²) in [6.07, 6.45) is 1.37. The highest BCUT2D eigenvalue weighted by Crippen LogP contribution is 2.12. The van der Waals surface area contributed by atoms with Gasteiger partial charge in [0.1, 0.15) is 11.6 Å². The number of hydrogen-bond donors (Lipinski definition) is 3. The second-order valence-electron chi connectivity index (χ2n) is 7.28. The normalized spacial score (nSPS) is 10.5. The van der Waals surface area contributed by atoms with E-state index in [1.165, 1.54) is 30.5 Å². The van der Waals surface area contributed by atoms with Crippen molar-refractivity contribution in [2.45, 2.75) is 13.5 Å². The van der Waals surface area contributed by atoms with E-state index in [2.05, 4.69) is 21.2 Å². The Morgan fingerprint density at radius 3 is 2.26 bits per heavy atom. The maximum absolute atomic E-state index is 12.9. The molecule has 34 heavy (non-hydrogen) atoms. The number of carbonyl (C=O) groups is 3. The molecule has 8 nitrogen and oxygen atoms in total. The molecule has 0 aliphatic heterocycles. The zero-order valence-corrected chi connectivity index (χ0v) is 18.4. The summed E-state index contributed by atoms with van der Waals surface area (Å²) < 4.78 is 18.3. The first-order chi connectivity index (χ1) is 16.4. The summed E-state index contributed by atoms with van der Waals surface area (Å²) in [5.41, 5.74) is 5.26. The van der Waals surface area contributed by atoms with Crippen LogP contribution in [0.1, 0.15) is 16.7 Å². The Morgan fingerprint density at radius 2 is 1.59 bits per heavy atom. The number of carbonyl (C=O) groups excluding carboxylic acids is 3. The predicted molar refractivity (Wildman–Crippen MR) is 126 cm³/mol. The highest BCUT2D eigenvalue weighted by atomic mass is 19.1. The molecule has 3 amide bonds. The third-order valence-electron chi connectivity index (χ3n) is 4.54. The Labute approximate surface area is 195 Å². The van der Waals surface area contributed by atoms with E-state index in [4.69, 9.17) is 4.74 Å². The maximum Gasteiger partial charge on any atom is 0.329 e. The van der Waals surface area contributed by atoms with Gasteiger partial charge in [-0.05, 0) is 66.6 Å². The molecule has 0 radical (unpaired) electrons. The van der Waals surface area contributed by atoms with Gasteiger partial charge in [-0.15, -0.1) is 0 Å². The van der Waals surface area contributed by atoms with Crippen LogP contribution in [0.25, 0.3) is 0 Å². The van der Waals surface area contributed by atoms with E-state index < -0.39 is 11.8 Å². The average molecular weight is 462 g/mol. The molecule has 0 unspecified atom stereocenters. The van der Waals surface area contributed by atoms with Gasteiger partial charge >= 0.3 is 11.8 Å². The molecule has 174 valence electrons. The lowest BCUT2D eigenvalue weighted by Crippen LogP contribution is -2.37. The number of amides is 3. The van der Waals surface area contributed by atoms with Crippen molar-refractivity contribution in [3.8, 4) is 5.75 Å². The standard InChI is InChI=1S/C25H23FN4O4/c1-17-2-4-18(5-3-17)14-27-24(32)25(33)30-28-15-19-6-12-22(13-7-19)34-16-23(31)29-21-10-8-20(26)9-11-21/h2-13,15H,14,16H2,1H3,(H,27,32)(H,29,31)(H,30,33)/b28-15-. The molecule has 0 atom stereocenters. The molecule has 0 aliphatic carbocycles. The molecule has 0 saturated carbocycles. The van der Waals surface area contributed by atoms with Crippen LogP contribution in [0.3, 0.4) is 0 Å². The Balaban J connectivity index is 1.39. The Kier molecular flexibility index (Phi) is 8.45. The molecule has 0 fully saturated rings. The fourth-order valence-corrected chi connectivity index (χ4v) is 2.71. The fraction of sp³-hybridized carbons (Fsp3) is 0.120. The van der Waals surface area contributed by atoms with Crippen molar-refractivity contribution in [2.24, 2.45) is 5.10 Å². The number of nitrogens with one attached hydrogen (secondary N) is 3. The molecular formula is C25H23FN4O4. The van der Waals surface area contributed by atoms with Gasteiger partial charge in [0, 0.05) is 12.2 Å². The van der Waals surface area contributed by atoms with Crippen LogP contribution in [0.4, 0.5) is 10.1 Å². The summed E-state index contributed by atoms with van der Waals surface area (Å²) in [5, 5.41) is 8.89. The van der Waals surface area contributed by atoms with Crippen LogP contribution >= 0.6 is 0 Å². The van der Waals surface area contributed by atoms with Crippen molar-refractivity contribution in [1.82, 2.24) is 10.7 Å². The average Bonchev–Trinajstić information content (AvgIpc) is 2.84. The van der Waals surface area contributed by atoms with E-state index >= 15 is 0 Å². The molecule has 0 saturated heterocycles. The lowest BCUT2D eigenvalue weighted by atomic mass is 10.1. The van der Waals surface area contributed by atoms with Crippen LogP contribution < -0.4 is 20.8 Å². The van der Waals surface area contributed by atoms with Crippen molar-refractivity contribution in [1.29, 1.82) is 0 Å². The van der Waals surface area contributed by atoms with Gasteiger partial charge in [0.15, 0.2) is 6.61 Å². The van der Waals surface area contributed by atoms with Gasteiger partial charge in [-0.1, -0.05) is 29.8 Å². The predicted octanol–water partition coefficient (Wildman–Crippen LogP) is 2.92. The largest absolute Gasteiger partial charge is 0.484 e. The monoisotopic (exact) mass is 462 g/mol. The zero-order valence-electron chi connectivity index (χ0n) is 18.4. The summed E-state index contributed by atoms with van der Waals surface area (Å²) in [6.45, 7) is 1.98. The van der Waals surface area contributed by atoms with Gasteiger partial charge in [0.25, 0.3) is 5.91 Å². The SMILES string of the molecule is Cc1ccc(CNC(=O)C(=O)N/N=C\c2ccc(OCC(=O)Nc3ccc(F)cc3)cc2)cc1. The number of halogens is 1. The first kappa shape index (κ1) is 24.1. The van der Waals surface area contributed by atoms with Gasteiger partial charge in [-0.2, -0.15) is 5.10 Å². The van der Waals surface area contributed by atoms with Crippen LogP contribution in [-0.2, 0) is 20.9 Å². The van der Waals surface area contributed by atoms with E-state index in [-0.39, 0.29) is 24.9 Å². The Bertz CT molecular complexity index is 1160. The lowest BCUT2D eigenvalue weighted by Gasteiger charge is -2.07. The first-order valence-corrected chi connectivity index (χ1v) is 10.3. The van der Waals surface area contributed by atoms with E-state index in [0.717, 1.165) is 11.1 Å². The molecule has 3 aromatic rings. The lowest BCUT2D eigenvalue weighted by molar-refractivity contribution is -0.139. The molecule has 0 spiro atoms. The van der Waals surface area contributed by atoms with Crippen LogP contribution in [0.5, 0.6) is 5.75 Å². The van der Waals surface area contributed by atoms with E-state index in [0.29, 0.717) is 17.0 Å². The molecule has 0 aliphatic rings.